The number of aryl methyl sites for hydroxylation is 1. The zero-order valence-corrected chi connectivity index (χ0v) is 18.8. The predicted octanol–water partition coefficient (Wildman–Crippen LogP) is 2.92. The molecule has 1 amide bonds. The molecule has 0 saturated carbocycles. The number of ether oxygens (including phenoxy) is 1. The van der Waals surface area contributed by atoms with E-state index in [1.54, 1.807) is 20.8 Å². The van der Waals surface area contributed by atoms with Crippen LogP contribution in [0.3, 0.4) is 0 Å². The highest BCUT2D eigenvalue weighted by Crippen LogP contribution is 2.41. The monoisotopic (exact) mass is 441 g/mol. The Morgan fingerprint density at radius 2 is 1.73 bits per heavy atom. The largest absolute Gasteiger partial charge is 0.481 e. The molecular weight excluding hydrogens is 409 g/mol. The fourth-order valence-corrected chi connectivity index (χ4v) is 4.27. The van der Waals surface area contributed by atoms with Gasteiger partial charge in [0.1, 0.15) is 18.3 Å². The third-order valence-electron chi connectivity index (χ3n) is 4.14. The molecule has 0 radical (unpaired) electrons. The molecule has 1 aromatic rings. The van der Waals surface area contributed by atoms with Gasteiger partial charge in [0.25, 0.3) is 0 Å². The van der Waals surface area contributed by atoms with Gasteiger partial charge in [0.2, 0.25) is 13.3 Å². The molecule has 0 spiro atoms. The summed E-state index contributed by atoms with van der Waals surface area (Å²) in [5, 5.41) is 8.88. The van der Waals surface area contributed by atoms with Crippen molar-refractivity contribution in [3.63, 3.8) is 0 Å². The molecule has 1 rings (SSSR count). The van der Waals surface area contributed by atoms with Crippen LogP contribution in [0.1, 0.15) is 45.6 Å². The topological polar surface area (TPSA) is 121 Å². The van der Waals surface area contributed by atoms with E-state index in [1.165, 1.54) is 0 Å². The number of esters is 1. The number of benzene rings is 1. The fraction of sp³-hybridized carbons (Fsp3) is 0.571. The van der Waals surface area contributed by atoms with E-state index >= 15 is 0 Å². The third-order valence-corrected chi connectivity index (χ3v) is 5.92. The summed E-state index contributed by atoms with van der Waals surface area (Å²) < 4.78 is 17.6. The van der Waals surface area contributed by atoms with Gasteiger partial charge in [0, 0.05) is 12.7 Å². The minimum atomic E-state index is -3.75. The van der Waals surface area contributed by atoms with Crippen LogP contribution in [0.25, 0.3) is 0 Å². The van der Waals surface area contributed by atoms with Gasteiger partial charge in [-0.05, 0) is 45.6 Å². The van der Waals surface area contributed by atoms with Crippen LogP contribution >= 0.6 is 7.37 Å². The van der Waals surface area contributed by atoms with E-state index in [0.29, 0.717) is 12.8 Å². The number of aliphatic carboxylic acids is 1. The van der Waals surface area contributed by atoms with E-state index in [4.69, 9.17) is 9.84 Å². The molecule has 0 saturated heterocycles. The maximum absolute atomic E-state index is 12.5. The second-order valence-corrected chi connectivity index (χ2v) is 10.7. The first-order valence-electron chi connectivity index (χ1n) is 9.94. The van der Waals surface area contributed by atoms with E-state index in [9.17, 15) is 23.8 Å². The van der Waals surface area contributed by atoms with Crippen molar-refractivity contribution in [1.29, 1.82) is 0 Å². The summed E-state index contributed by atoms with van der Waals surface area (Å²) in [5.74, 6) is -2.56. The summed E-state index contributed by atoms with van der Waals surface area (Å²) in [6.07, 6.45) is 0.964. The normalized spacial score (nSPS) is 13.3. The van der Waals surface area contributed by atoms with Crippen LogP contribution in [-0.4, -0.2) is 63.8 Å². The lowest BCUT2D eigenvalue weighted by Gasteiger charge is -2.25. The third kappa shape index (κ3) is 11.7. The van der Waals surface area contributed by atoms with Crippen molar-refractivity contribution in [2.24, 2.45) is 0 Å². The van der Waals surface area contributed by atoms with Crippen molar-refractivity contribution in [2.75, 3.05) is 25.4 Å². The first kappa shape index (κ1) is 25.9. The number of carboxylic acids is 1. The van der Waals surface area contributed by atoms with Gasteiger partial charge in [-0.2, -0.15) is 0 Å². The quantitative estimate of drug-likeness (QED) is 0.291. The van der Waals surface area contributed by atoms with Crippen LogP contribution in [0.4, 0.5) is 0 Å². The number of carbonyl (C=O) groups excluding carboxylic acids is 2. The van der Waals surface area contributed by atoms with Crippen molar-refractivity contribution in [3.05, 3.63) is 35.9 Å². The molecule has 0 fully saturated rings. The lowest BCUT2D eigenvalue weighted by molar-refractivity contribution is -0.159. The van der Waals surface area contributed by atoms with Crippen molar-refractivity contribution in [2.45, 2.75) is 52.1 Å². The van der Waals surface area contributed by atoms with Crippen LogP contribution in [0.2, 0.25) is 0 Å². The molecule has 9 heteroatoms. The molecule has 8 nitrogen and oxygen atoms in total. The van der Waals surface area contributed by atoms with Crippen LogP contribution in [0, 0.1) is 0 Å². The minimum absolute atomic E-state index is 0.00915. The SMILES string of the molecule is CC(C)(C)OC(=O)CN(CCC(=O)O)C(=O)CP(=O)(O)CCCCc1ccccc1. The van der Waals surface area contributed by atoms with E-state index in [-0.39, 0.29) is 19.1 Å². The molecule has 1 atom stereocenters. The lowest BCUT2D eigenvalue weighted by atomic mass is 10.1. The average Bonchev–Trinajstić information content (AvgIpc) is 2.61. The van der Waals surface area contributed by atoms with Crippen molar-refractivity contribution in [3.8, 4) is 0 Å². The molecule has 0 aliphatic heterocycles. The van der Waals surface area contributed by atoms with Crippen molar-refractivity contribution in [1.82, 2.24) is 4.90 Å². The van der Waals surface area contributed by atoms with Gasteiger partial charge in [0.05, 0.1) is 6.42 Å². The number of nitrogens with zero attached hydrogens (tertiary/aromatic N) is 1. The van der Waals surface area contributed by atoms with E-state index in [2.05, 4.69) is 0 Å². The predicted molar refractivity (Wildman–Crippen MR) is 114 cm³/mol. The molecule has 1 aromatic carbocycles. The Labute approximate surface area is 177 Å². The van der Waals surface area contributed by atoms with Crippen molar-refractivity contribution < 1.29 is 33.7 Å². The van der Waals surface area contributed by atoms with Crippen LogP contribution in [0.5, 0.6) is 0 Å². The molecular formula is C21H32NO7P. The molecule has 30 heavy (non-hydrogen) atoms. The molecule has 1 unspecified atom stereocenters. The number of carbonyl (C=O) groups is 3. The van der Waals surface area contributed by atoms with E-state index < -0.39 is 43.5 Å². The summed E-state index contributed by atoms with van der Waals surface area (Å²) in [7, 11) is -3.75. The van der Waals surface area contributed by atoms with Crippen LogP contribution in [0.15, 0.2) is 30.3 Å². The Balaban J connectivity index is 2.59. The van der Waals surface area contributed by atoms with Gasteiger partial charge >= 0.3 is 11.9 Å². The van der Waals surface area contributed by atoms with Gasteiger partial charge in [0.15, 0.2) is 0 Å². The van der Waals surface area contributed by atoms with Gasteiger partial charge in [-0.15, -0.1) is 0 Å². The molecule has 0 heterocycles. The number of carboxylic acid groups (broad SMARTS) is 1. The second-order valence-electron chi connectivity index (χ2n) is 8.22. The molecule has 0 aromatic heterocycles. The minimum Gasteiger partial charge on any atom is -0.481 e. The zero-order chi connectivity index (χ0) is 22.8. The Kier molecular flexibility index (Phi) is 10.2. The van der Waals surface area contributed by atoms with Crippen LogP contribution < -0.4 is 0 Å². The Bertz CT molecular complexity index is 758. The summed E-state index contributed by atoms with van der Waals surface area (Å²) >= 11 is 0. The standard InChI is InChI=1S/C21H32NO7P/c1-21(2,3)29-20(26)15-22(13-12-19(24)25)18(23)16-30(27,28)14-8-7-11-17-9-5-4-6-10-17/h4-6,9-10H,7-8,11-16H2,1-3H3,(H,24,25)(H,27,28). The first-order chi connectivity index (χ1) is 13.9. The van der Waals surface area contributed by atoms with Gasteiger partial charge in [-0.3, -0.25) is 18.9 Å². The first-order valence-corrected chi connectivity index (χ1v) is 12.0. The molecule has 0 bridgehead atoms. The molecule has 0 aliphatic carbocycles. The summed E-state index contributed by atoms with van der Waals surface area (Å²) in [6, 6.07) is 9.76. The maximum atomic E-state index is 12.5. The highest BCUT2D eigenvalue weighted by molar-refractivity contribution is 7.58. The lowest BCUT2D eigenvalue weighted by Crippen LogP contribution is -2.41. The number of unbranched alkanes of at least 4 members (excludes halogenated alkanes) is 1. The highest BCUT2D eigenvalue weighted by Gasteiger charge is 2.28. The van der Waals surface area contributed by atoms with E-state index in [1.807, 2.05) is 30.3 Å². The Morgan fingerprint density at radius 3 is 2.30 bits per heavy atom. The average molecular weight is 441 g/mol. The summed E-state index contributed by atoms with van der Waals surface area (Å²) in [4.78, 5) is 46.6. The Morgan fingerprint density at radius 1 is 1.10 bits per heavy atom. The van der Waals surface area contributed by atoms with Gasteiger partial charge in [-0.25, -0.2) is 0 Å². The van der Waals surface area contributed by atoms with Crippen LogP contribution in [-0.2, 0) is 30.1 Å². The van der Waals surface area contributed by atoms with Gasteiger partial charge in [-0.1, -0.05) is 30.3 Å². The summed E-state index contributed by atoms with van der Waals surface area (Å²) in [5.41, 5.74) is 0.377. The molecule has 0 aliphatic rings. The second kappa shape index (κ2) is 11.9. The Hall–Kier alpha value is -2.18. The smallest absolute Gasteiger partial charge is 0.326 e. The molecule has 2 N–H and O–H groups in total. The number of rotatable bonds is 12. The number of amides is 1. The fourth-order valence-electron chi connectivity index (χ4n) is 2.78. The highest BCUT2D eigenvalue weighted by atomic mass is 31.2. The van der Waals surface area contributed by atoms with E-state index in [0.717, 1.165) is 16.9 Å². The number of hydrogen-bond acceptors (Lipinski definition) is 5. The van der Waals surface area contributed by atoms with Crippen molar-refractivity contribution >= 4 is 25.2 Å². The summed E-state index contributed by atoms with van der Waals surface area (Å²) in [6.45, 7) is 4.32. The zero-order valence-electron chi connectivity index (χ0n) is 17.9. The molecule has 168 valence electrons. The number of hydrogen-bond donors (Lipinski definition) is 2. The van der Waals surface area contributed by atoms with Gasteiger partial charge < -0.3 is 19.6 Å². The maximum Gasteiger partial charge on any atom is 0.326 e.